The van der Waals surface area contributed by atoms with E-state index in [9.17, 15) is 0 Å². The number of aromatic nitrogens is 2. The van der Waals surface area contributed by atoms with Crippen molar-refractivity contribution in [3.63, 3.8) is 0 Å². The molecule has 0 bridgehead atoms. The number of hydrogen-bond acceptors (Lipinski definition) is 2. The highest BCUT2D eigenvalue weighted by Gasteiger charge is 2.13. The lowest BCUT2D eigenvalue weighted by atomic mass is 10.0. The Kier molecular flexibility index (Phi) is 1.93. The Morgan fingerprint density at radius 1 is 0.938 bits per heavy atom. The molecule has 0 atom stereocenters. The minimum absolute atomic E-state index is 0.934. The lowest BCUT2D eigenvalue weighted by Gasteiger charge is -2.07. The lowest BCUT2D eigenvalue weighted by molar-refractivity contribution is 1.24. The first-order valence-electron chi connectivity index (χ1n) is 5.14. The molecule has 1 aliphatic rings. The summed E-state index contributed by atoms with van der Waals surface area (Å²) in [7, 11) is 0. The summed E-state index contributed by atoms with van der Waals surface area (Å²) in [6.45, 7) is 4.11. The summed E-state index contributed by atoms with van der Waals surface area (Å²) in [5.41, 5.74) is 4.96. The van der Waals surface area contributed by atoms with Crippen LogP contribution < -0.4 is 0 Å². The molecule has 0 N–H and O–H groups in total. The third-order valence-electron chi connectivity index (χ3n) is 2.71. The van der Waals surface area contributed by atoms with Crippen LogP contribution >= 0.6 is 0 Å². The van der Waals surface area contributed by atoms with Crippen molar-refractivity contribution in [1.29, 1.82) is 0 Å². The molecule has 2 aromatic heterocycles. The van der Waals surface area contributed by atoms with Crippen LogP contribution in [0.1, 0.15) is 22.5 Å². The van der Waals surface area contributed by atoms with E-state index in [0.29, 0.717) is 0 Å². The topological polar surface area (TPSA) is 25.8 Å². The van der Waals surface area contributed by atoms with E-state index in [4.69, 9.17) is 0 Å². The van der Waals surface area contributed by atoms with Gasteiger partial charge in [-0.3, -0.25) is 9.97 Å². The molecule has 2 nitrogen and oxygen atoms in total. The predicted octanol–water partition coefficient (Wildman–Crippen LogP) is 3.02. The Morgan fingerprint density at radius 3 is 2.69 bits per heavy atom. The number of rotatable bonds is 0. The molecule has 0 aromatic carbocycles. The zero-order valence-electron chi connectivity index (χ0n) is 8.72. The summed E-state index contributed by atoms with van der Waals surface area (Å²) in [6.07, 6.45) is 7.62. The van der Waals surface area contributed by atoms with E-state index < -0.39 is 0 Å². The highest BCUT2D eigenvalue weighted by molar-refractivity contribution is 5.90. The summed E-state index contributed by atoms with van der Waals surface area (Å²) < 4.78 is 0. The zero-order chi connectivity index (χ0) is 11.0. The molecule has 0 saturated heterocycles. The average molecular weight is 206 g/mol. The van der Waals surface area contributed by atoms with E-state index in [1.807, 2.05) is 36.4 Å². The summed E-state index contributed by atoms with van der Waals surface area (Å²) in [4.78, 5) is 8.72. The fourth-order valence-corrected chi connectivity index (χ4v) is 1.91. The van der Waals surface area contributed by atoms with E-state index in [0.717, 1.165) is 28.1 Å². The van der Waals surface area contributed by atoms with E-state index in [1.165, 1.54) is 0 Å². The van der Waals surface area contributed by atoms with Crippen molar-refractivity contribution in [3.05, 3.63) is 65.8 Å². The van der Waals surface area contributed by atoms with E-state index >= 15 is 0 Å². The molecule has 0 saturated carbocycles. The Hall–Kier alpha value is -2.22. The first-order chi connectivity index (χ1) is 7.86. The van der Waals surface area contributed by atoms with Gasteiger partial charge in [-0.1, -0.05) is 24.8 Å². The van der Waals surface area contributed by atoms with Crippen molar-refractivity contribution in [3.8, 4) is 0 Å². The quantitative estimate of drug-likeness (QED) is 0.565. The van der Waals surface area contributed by atoms with E-state index in [-0.39, 0.29) is 0 Å². The highest BCUT2D eigenvalue weighted by Crippen LogP contribution is 2.29. The third kappa shape index (κ3) is 1.27. The molecule has 0 aliphatic heterocycles. The van der Waals surface area contributed by atoms with Gasteiger partial charge in [0.2, 0.25) is 0 Å². The minimum Gasteiger partial charge on any atom is -0.256 e. The van der Waals surface area contributed by atoms with Crippen LogP contribution in [0.3, 0.4) is 0 Å². The second-order valence-electron chi connectivity index (χ2n) is 3.69. The summed E-state index contributed by atoms with van der Waals surface area (Å²) in [5, 5.41) is 0. The first kappa shape index (κ1) is 9.04. The fourth-order valence-electron chi connectivity index (χ4n) is 1.91. The van der Waals surface area contributed by atoms with Gasteiger partial charge < -0.3 is 0 Å². The molecular weight excluding hydrogens is 196 g/mol. The van der Waals surface area contributed by atoms with Gasteiger partial charge in [0.05, 0.1) is 11.4 Å². The normalized spacial score (nSPS) is 12.9. The van der Waals surface area contributed by atoms with Crippen LogP contribution in [-0.4, -0.2) is 9.97 Å². The SMILES string of the molecule is C=C1c2cccnc2C=Cc2cccnc21. The van der Waals surface area contributed by atoms with Gasteiger partial charge in [0.15, 0.2) is 0 Å². The molecule has 0 unspecified atom stereocenters. The molecule has 2 heteroatoms. The smallest absolute Gasteiger partial charge is 0.0775 e. The van der Waals surface area contributed by atoms with Crippen LogP contribution in [0.15, 0.2) is 43.2 Å². The molecule has 16 heavy (non-hydrogen) atoms. The molecule has 3 rings (SSSR count). The van der Waals surface area contributed by atoms with Crippen molar-refractivity contribution in [1.82, 2.24) is 9.97 Å². The number of pyridine rings is 2. The van der Waals surface area contributed by atoms with Gasteiger partial charge in [0, 0.05) is 29.1 Å². The van der Waals surface area contributed by atoms with E-state index in [1.54, 1.807) is 12.4 Å². The Bertz CT molecular complexity index is 546. The van der Waals surface area contributed by atoms with Gasteiger partial charge in [-0.25, -0.2) is 0 Å². The summed E-state index contributed by atoms with van der Waals surface area (Å²) in [5.74, 6) is 0. The Labute approximate surface area is 94.0 Å². The van der Waals surface area contributed by atoms with Crippen LogP contribution in [0.25, 0.3) is 17.7 Å². The molecular formula is C14H10N2. The molecule has 0 amide bonds. The minimum atomic E-state index is 0.934. The van der Waals surface area contributed by atoms with Crippen molar-refractivity contribution < 1.29 is 0 Å². The van der Waals surface area contributed by atoms with Crippen LogP contribution in [0.4, 0.5) is 0 Å². The third-order valence-corrected chi connectivity index (χ3v) is 2.71. The zero-order valence-corrected chi connectivity index (χ0v) is 8.72. The van der Waals surface area contributed by atoms with Gasteiger partial charge in [-0.05, 0) is 18.2 Å². The van der Waals surface area contributed by atoms with Gasteiger partial charge >= 0.3 is 0 Å². The van der Waals surface area contributed by atoms with Crippen molar-refractivity contribution in [2.45, 2.75) is 0 Å². The summed E-state index contributed by atoms with van der Waals surface area (Å²) in [6, 6.07) is 7.92. The van der Waals surface area contributed by atoms with Crippen molar-refractivity contribution >= 4 is 17.7 Å². The number of hydrogen-bond donors (Lipinski definition) is 0. The van der Waals surface area contributed by atoms with Gasteiger partial charge in [0.1, 0.15) is 0 Å². The monoisotopic (exact) mass is 206 g/mol. The predicted molar refractivity (Wildman–Crippen MR) is 65.5 cm³/mol. The van der Waals surface area contributed by atoms with Crippen molar-refractivity contribution in [2.24, 2.45) is 0 Å². The molecule has 2 heterocycles. The van der Waals surface area contributed by atoms with Gasteiger partial charge in [-0.15, -0.1) is 0 Å². The maximum Gasteiger partial charge on any atom is 0.0775 e. The molecule has 0 spiro atoms. The second-order valence-corrected chi connectivity index (χ2v) is 3.69. The Balaban J connectivity index is 2.30. The van der Waals surface area contributed by atoms with Crippen LogP contribution in [0.2, 0.25) is 0 Å². The molecule has 0 radical (unpaired) electrons. The lowest BCUT2D eigenvalue weighted by Crippen LogP contribution is -1.94. The highest BCUT2D eigenvalue weighted by atomic mass is 14.7. The number of fused-ring (bicyclic) bond motifs is 2. The Morgan fingerprint density at radius 2 is 1.75 bits per heavy atom. The molecule has 2 aromatic rings. The molecule has 76 valence electrons. The first-order valence-corrected chi connectivity index (χ1v) is 5.14. The van der Waals surface area contributed by atoms with Crippen molar-refractivity contribution in [2.75, 3.05) is 0 Å². The molecule has 1 aliphatic carbocycles. The largest absolute Gasteiger partial charge is 0.256 e. The second kappa shape index (κ2) is 3.42. The van der Waals surface area contributed by atoms with Gasteiger partial charge in [0.25, 0.3) is 0 Å². The molecule has 0 fully saturated rings. The standard InChI is InChI=1S/C14H10N2/c1-10-12-5-3-8-15-13(12)7-6-11-4-2-9-16-14(10)11/h2-9H,1H2. The average Bonchev–Trinajstić information content (AvgIpc) is 2.49. The maximum atomic E-state index is 4.38. The van der Waals surface area contributed by atoms with Gasteiger partial charge in [-0.2, -0.15) is 0 Å². The fraction of sp³-hybridized carbons (Fsp3) is 0. The maximum absolute atomic E-state index is 4.38. The van der Waals surface area contributed by atoms with Crippen LogP contribution in [-0.2, 0) is 0 Å². The van der Waals surface area contributed by atoms with E-state index in [2.05, 4.69) is 16.5 Å². The summed E-state index contributed by atoms with van der Waals surface area (Å²) >= 11 is 0. The number of nitrogens with zero attached hydrogens (tertiary/aromatic N) is 2. The van der Waals surface area contributed by atoms with Crippen LogP contribution in [0.5, 0.6) is 0 Å². The van der Waals surface area contributed by atoms with Crippen LogP contribution in [0, 0.1) is 0 Å².